The van der Waals surface area contributed by atoms with E-state index in [1.807, 2.05) is 12.1 Å². The van der Waals surface area contributed by atoms with E-state index in [4.69, 9.17) is 10.5 Å². The van der Waals surface area contributed by atoms with Gasteiger partial charge in [0.05, 0.1) is 11.9 Å². The first-order valence-corrected chi connectivity index (χ1v) is 9.55. The van der Waals surface area contributed by atoms with E-state index in [9.17, 15) is 9.59 Å². The molecular formula is C18H24N2O3S. The van der Waals surface area contributed by atoms with Crippen molar-refractivity contribution in [3.05, 3.63) is 29.3 Å². The highest BCUT2D eigenvalue weighted by atomic mass is 32.2. The first-order valence-electron chi connectivity index (χ1n) is 8.50. The molecule has 0 saturated carbocycles. The van der Waals surface area contributed by atoms with Crippen molar-refractivity contribution < 1.29 is 14.3 Å². The van der Waals surface area contributed by atoms with Crippen molar-refractivity contribution in [1.29, 1.82) is 0 Å². The summed E-state index contributed by atoms with van der Waals surface area (Å²) < 4.78 is 5.08. The van der Waals surface area contributed by atoms with Crippen LogP contribution in [0.4, 0.5) is 5.69 Å². The fourth-order valence-electron chi connectivity index (χ4n) is 3.57. The van der Waals surface area contributed by atoms with E-state index in [1.165, 1.54) is 22.9 Å². The number of nitrogen functional groups attached to an aromatic ring is 1. The van der Waals surface area contributed by atoms with Crippen LogP contribution in [0.25, 0.3) is 0 Å². The fourth-order valence-corrected chi connectivity index (χ4v) is 4.71. The molecule has 1 aliphatic carbocycles. The van der Waals surface area contributed by atoms with Gasteiger partial charge in [0.15, 0.2) is 0 Å². The molecule has 0 spiro atoms. The lowest BCUT2D eigenvalue weighted by molar-refractivity contribution is -0.146. The standard InChI is InChI=1S/C18H24N2O3S/c1-2-23-18(22)16-17(24-10-20-16)15(21)8-11-3-4-13-9-14(19)6-5-12(13)7-11/h5-6,9,11,16-17,20H,2-4,7-8,10,19H2,1H3/t11?,16-,17?/m0/s1. The molecule has 1 heterocycles. The molecule has 1 aromatic rings. The molecule has 1 fully saturated rings. The Bertz CT molecular complexity index is 635. The Morgan fingerprint density at radius 2 is 2.21 bits per heavy atom. The van der Waals surface area contributed by atoms with Crippen LogP contribution in [0, 0.1) is 5.92 Å². The van der Waals surface area contributed by atoms with Crippen LogP contribution < -0.4 is 11.1 Å². The van der Waals surface area contributed by atoms with Crippen molar-refractivity contribution >= 4 is 29.2 Å². The Balaban J connectivity index is 1.61. The number of rotatable bonds is 5. The topological polar surface area (TPSA) is 81.4 Å². The average molecular weight is 348 g/mol. The van der Waals surface area contributed by atoms with E-state index in [1.54, 1.807) is 6.92 Å². The van der Waals surface area contributed by atoms with Gasteiger partial charge in [0, 0.05) is 18.0 Å². The molecule has 24 heavy (non-hydrogen) atoms. The van der Waals surface area contributed by atoms with Crippen LogP contribution in [-0.4, -0.2) is 35.5 Å². The highest BCUT2D eigenvalue weighted by Gasteiger charge is 2.39. The molecule has 3 atom stereocenters. The summed E-state index contributed by atoms with van der Waals surface area (Å²) in [6.45, 7) is 2.12. The molecule has 3 rings (SSSR count). The normalized spacial score (nSPS) is 26.0. The number of Topliss-reactive ketones (excluding diaryl/α,β-unsaturated/α-hetero) is 1. The Labute approximate surface area is 146 Å². The predicted molar refractivity (Wildman–Crippen MR) is 95.8 cm³/mol. The van der Waals surface area contributed by atoms with E-state index in [0.717, 1.165) is 24.9 Å². The van der Waals surface area contributed by atoms with Gasteiger partial charge in [0.1, 0.15) is 11.8 Å². The zero-order valence-corrected chi connectivity index (χ0v) is 14.7. The summed E-state index contributed by atoms with van der Waals surface area (Å²) in [7, 11) is 0. The van der Waals surface area contributed by atoms with Gasteiger partial charge in [-0.25, -0.2) is 0 Å². The second kappa shape index (κ2) is 7.57. The third kappa shape index (κ3) is 3.75. The lowest BCUT2D eigenvalue weighted by Crippen LogP contribution is -2.43. The molecule has 2 unspecified atom stereocenters. The minimum atomic E-state index is -0.502. The molecule has 0 aromatic heterocycles. The van der Waals surface area contributed by atoms with Crippen molar-refractivity contribution in [1.82, 2.24) is 5.32 Å². The van der Waals surface area contributed by atoms with E-state index in [0.29, 0.717) is 24.8 Å². The predicted octanol–water partition coefficient (Wildman–Crippen LogP) is 1.93. The van der Waals surface area contributed by atoms with Gasteiger partial charge in [-0.1, -0.05) is 6.07 Å². The molecule has 3 N–H and O–H groups in total. The summed E-state index contributed by atoms with van der Waals surface area (Å²) in [6, 6.07) is 5.55. The SMILES string of the molecule is CCOC(=O)[C@H]1NCSC1C(=O)CC1CCc2cc(N)ccc2C1. The van der Waals surface area contributed by atoms with Crippen LogP contribution in [0.5, 0.6) is 0 Å². The zero-order valence-electron chi connectivity index (χ0n) is 13.9. The van der Waals surface area contributed by atoms with Gasteiger partial charge in [-0.15, -0.1) is 11.8 Å². The Morgan fingerprint density at radius 1 is 1.38 bits per heavy atom. The number of ketones is 1. The molecular weight excluding hydrogens is 324 g/mol. The number of benzene rings is 1. The maximum Gasteiger partial charge on any atom is 0.324 e. The van der Waals surface area contributed by atoms with Crippen molar-refractivity contribution in [2.45, 2.75) is 43.9 Å². The summed E-state index contributed by atoms with van der Waals surface area (Å²) in [6.07, 6.45) is 3.40. The molecule has 1 aromatic carbocycles. The number of anilines is 1. The minimum Gasteiger partial charge on any atom is -0.465 e. The van der Waals surface area contributed by atoms with Crippen LogP contribution in [0.3, 0.4) is 0 Å². The fraction of sp³-hybridized carbons (Fsp3) is 0.556. The molecule has 6 heteroatoms. The quantitative estimate of drug-likeness (QED) is 0.625. The highest BCUT2D eigenvalue weighted by molar-refractivity contribution is 8.00. The highest BCUT2D eigenvalue weighted by Crippen LogP contribution is 2.32. The summed E-state index contributed by atoms with van der Waals surface area (Å²) in [5.41, 5.74) is 9.24. The number of carbonyl (C=O) groups excluding carboxylic acids is 2. The number of hydrogen-bond donors (Lipinski definition) is 2. The zero-order chi connectivity index (χ0) is 17.1. The number of nitrogens with one attached hydrogen (secondary N) is 1. The van der Waals surface area contributed by atoms with Gasteiger partial charge in [-0.3, -0.25) is 14.9 Å². The smallest absolute Gasteiger partial charge is 0.324 e. The van der Waals surface area contributed by atoms with Crippen LogP contribution in [-0.2, 0) is 27.2 Å². The molecule has 130 valence electrons. The molecule has 0 radical (unpaired) electrons. The van der Waals surface area contributed by atoms with Crippen molar-refractivity contribution in [3.63, 3.8) is 0 Å². The Hall–Kier alpha value is -1.53. The number of hydrogen-bond acceptors (Lipinski definition) is 6. The molecule has 0 bridgehead atoms. The van der Waals surface area contributed by atoms with Crippen molar-refractivity contribution in [3.8, 4) is 0 Å². The van der Waals surface area contributed by atoms with Crippen LogP contribution in [0.1, 0.15) is 30.9 Å². The van der Waals surface area contributed by atoms with Gasteiger partial charge >= 0.3 is 5.97 Å². The van der Waals surface area contributed by atoms with Crippen LogP contribution in [0.15, 0.2) is 18.2 Å². The van der Waals surface area contributed by atoms with Crippen molar-refractivity contribution in [2.24, 2.45) is 5.92 Å². The molecule has 0 amide bonds. The van der Waals surface area contributed by atoms with Gasteiger partial charge < -0.3 is 10.5 Å². The van der Waals surface area contributed by atoms with Gasteiger partial charge in [0.25, 0.3) is 0 Å². The Morgan fingerprint density at radius 3 is 3.00 bits per heavy atom. The Kier molecular flexibility index (Phi) is 5.46. The number of thioether (sulfide) groups is 1. The largest absolute Gasteiger partial charge is 0.465 e. The number of nitrogens with two attached hydrogens (primary N) is 1. The number of aryl methyl sites for hydroxylation is 1. The van der Waals surface area contributed by atoms with Crippen LogP contribution in [0.2, 0.25) is 0 Å². The average Bonchev–Trinajstić information content (AvgIpc) is 3.05. The maximum atomic E-state index is 12.7. The van der Waals surface area contributed by atoms with Crippen molar-refractivity contribution in [2.75, 3.05) is 18.2 Å². The van der Waals surface area contributed by atoms with E-state index >= 15 is 0 Å². The van der Waals surface area contributed by atoms with E-state index < -0.39 is 6.04 Å². The van der Waals surface area contributed by atoms with Crippen LogP contribution >= 0.6 is 11.8 Å². The van der Waals surface area contributed by atoms with E-state index in [-0.39, 0.29) is 17.0 Å². The summed E-state index contributed by atoms with van der Waals surface area (Å²) in [5, 5.41) is 2.76. The summed E-state index contributed by atoms with van der Waals surface area (Å²) in [5.74, 6) is 0.807. The number of ether oxygens (including phenoxy) is 1. The lowest BCUT2D eigenvalue weighted by atomic mass is 9.80. The van der Waals surface area contributed by atoms with Gasteiger partial charge in [-0.2, -0.15) is 0 Å². The number of fused-ring (bicyclic) bond motifs is 1. The second-order valence-electron chi connectivity index (χ2n) is 6.47. The molecule has 1 saturated heterocycles. The summed E-state index contributed by atoms with van der Waals surface area (Å²) >= 11 is 1.51. The monoisotopic (exact) mass is 348 g/mol. The van der Waals surface area contributed by atoms with Gasteiger partial charge in [-0.05, 0) is 55.4 Å². The molecule has 2 aliphatic rings. The minimum absolute atomic E-state index is 0.159. The maximum absolute atomic E-state index is 12.7. The first kappa shape index (κ1) is 17.3. The lowest BCUT2D eigenvalue weighted by Gasteiger charge is -2.26. The second-order valence-corrected chi connectivity index (χ2v) is 7.60. The number of carbonyl (C=O) groups is 2. The number of esters is 1. The molecule has 1 aliphatic heterocycles. The third-order valence-corrected chi connectivity index (χ3v) is 6.00. The molecule has 5 nitrogen and oxygen atoms in total. The first-order chi connectivity index (χ1) is 11.6. The van der Waals surface area contributed by atoms with Gasteiger partial charge in [0.2, 0.25) is 0 Å². The third-order valence-electron chi connectivity index (χ3n) is 4.78. The van der Waals surface area contributed by atoms with E-state index in [2.05, 4.69) is 11.4 Å². The summed E-state index contributed by atoms with van der Waals surface area (Å²) in [4.78, 5) is 24.7.